The number of allylic oxidation sites excluding steroid dienone is 3. The van der Waals surface area contributed by atoms with Crippen molar-refractivity contribution in [2.24, 2.45) is 0 Å². The van der Waals surface area contributed by atoms with Crippen LogP contribution < -0.4 is 4.74 Å². The first-order valence-electron chi connectivity index (χ1n) is 16.6. The van der Waals surface area contributed by atoms with Gasteiger partial charge in [-0.3, -0.25) is 0 Å². The zero-order valence-electron chi connectivity index (χ0n) is 26.4. The Bertz CT molecular complexity index is 2360. The molecule has 7 aromatic rings. The predicted molar refractivity (Wildman–Crippen MR) is 195 cm³/mol. The maximum Gasteiger partial charge on any atom is 0.160 e. The van der Waals surface area contributed by atoms with Crippen LogP contribution in [0.3, 0.4) is 0 Å². The molecule has 6 aromatic carbocycles. The molecule has 1 aliphatic carbocycles. The fourth-order valence-corrected chi connectivity index (χ4v) is 7.39. The largest absolute Gasteiger partial charge is 0.457 e. The van der Waals surface area contributed by atoms with Crippen molar-refractivity contribution in [1.82, 2.24) is 9.97 Å². The van der Waals surface area contributed by atoms with Gasteiger partial charge in [-0.25, -0.2) is 9.97 Å². The lowest BCUT2D eigenvalue weighted by Crippen LogP contribution is -2.37. The number of para-hydroxylation sites is 1. The van der Waals surface area contributed by atoms with Crippen molar-refractivity contribution >= 4 is 10.8 Å². The molecular formula is C45H32N2O. The third kappa shape index (κ3) is 4.66. The van der Waals surface area contributed by atoms with E-state index in [4.69, 9.17) is 14.7 Å². The van der Waals surface area contributed by atoms with Crippen molar-refractivity contribution in [3.8, 4) is 39.7 Å². The number of benzene rings is 6. The summed E-state index contributed by atoms with van der Waals surface area (Å²) in [5.74, 6) is 2.55. The van der Waals surface area contributed by atoms with Gasteiger partial charge in [-0.15, -0.1) is 0 Å². The van der Waals surface area contributed by atoms with Crippen molar-refractivity contribution in [3.05, 3.63) is 198 Å². The zero-order chi connectivity index (χ0) is 31.9. The van der Waals surface area contributed by atoms with Crippen LogP contribution in [0, 0.1) is 0 Å². The number of aromatic nitrogens is 2. The maximum atomic E-state index is 6.54. The molecule has 0 N–H and O–H groups in total. The van der Waals surface area contributed by atoms with Gasteiger partial charge in [0.05, 0.1) is 16.8 Å². The van der Waals surface area contributed by atoms with Crippen LogP contribution in [0.25, 0.3) is 44.7 Å². The molecule has 0 saturated carbocycles. The fourth-order valence-electron chi connectivity index (χ4n) is 7.39. The van der Waals surface area contributed by atoms with Crippen LogP contribution in [0.1, 0.15) is 29.5 Å². The van der Waals surface area contributed by atoms with Gasteiger partial charge in [0.1, 0.15) is 11.5 Å². The Kier molecular flexibility index (Phi) is 6.83. The number of ether oxygens (including phenoxy) is 1. The lowest BCUT2D eigenvalue weighted by atomic mass is 9.62. The molecule has 228 valence electrons. The normalized spacial score (nSPS) is 16.7. The molecule has 0 radical (unpaired) electrons. The first-order chi connectivity index (χ1) is 23.8. The second-order valence-corrected chi connectivity index (χ2v) is 12.4. The summed E-state index contributed by atoms with van der Waals surface area (Å²) in [6, 6.07) is 55.6. The van der Waals surface area contributed by atoms with Gasteiger partial charge in [0.2, 0.25) is 0 Å². The van der Waals surface area contributed by atoms with E-state index in [-0.39, 0.29) is 0 Å². The second-order valence-electron chi connectivity index (χ2n) is 12.4. The maximum absolute atomic E-state index is 6.54. The zero-order valence-corrected chi connectivity index (χ0v) is 26.4. The number of nitrogens with zero attached hydrogens (tertiary/aromatic N) is 2. The lowest BCUT2D eigenvalue weighted by Gasteiger charge is -2.44. The minimum atomic E-state index is -0.524. The van der Waals surface area contributed by atoms with Gasteiger partial charge in [0, 0.05) is 27.8 Å². The average Bonchev–Trinajstić information content (AvgIpc) is 3.17. The SMILES string of the molecule is C1=C2Oc3ccccc3C(c3ccccc3)(c3ccc(-c4nc(-c5ccccc5)cc(-c5ccc6ccccc6c5)n4)cc3)C2=CCC1. The Balaban J connectivity index is 1.22. The van der Waals surface area contributed by atoms with E-state index in [1.807, 2.05) is 6.07 Å². The van der Waals surface area contributed by atoms with E-state index in [0.29, 0.717) is 5.82 Å². The van der Waals surface area contributed by atoms with Crippen LogP contribution >= 0.6 is 0 Å². The smallest absolute Gasteiger partial charge is 0.160 e. The highest BCUT2D eigenvalue weighted by Gasteiger charge is 2.47. The topological polar surface area (TPSA) is 35.0 Å². The molecule has 1 aromatic heterocycles. The van der Waals surface area contributed by atoms with Gasteiger partial charge >= 0.3 is 0 Å². The first-order valence-corrected chi connectivity index (χ1v) is 16.6. The Morgan fingerprint density at radius 3 is 1.92 bits per heavy atom. The molecule has 0 bridgehead atoms. The molecule has 1 aliphatic heterocycles. The molecule has 9 rings (SSSR count). The molecule has 3 heteroatoms. The van der Waals surface area contributed by atoms with E-state index < -0.39 is 5.41 Å². The third-order valence-corrected chi connectivity index (χ3v) is 9.65. The third-order valence-electron chi connectivity index (χ3n) is 9.65. The van der Waals surface area contributed by atoms with Crippen molar-refractivity contribution in [1.29, 1.82) is 0 Å². The highest BCUT2D eigenvalue weighted by atomic mass is 16.5. The molecule has 1 atom stereocenters. The Hall–Kier alpha value is -6.06. The standard InChI is InChI=1S/C45H32N2O/c1-3-14-32(15-4-1)40-30-41(35-24-23-31-13-7-8-16-34(31)29-35)47-44(46-40)33-25-27-37(28-26-33)45(36-17-5-2-6-18-36)38-19-9-11-21-42(38)48-43-22-12-10-20-39(43)45/h1-9,11,13-30H,10,12H2. The highest BCUT2D eigenvalue weighted by Crippen LogP contribution is 2.55. The van der Waals surface area contributed by atoms with E-state index >= 15 is 0 Å². The quantitative estimate of drug-likeness (QED) is 0.193. The molecule has 48 heavy (non-hydrogen) atoms. The molecule has 2 aliphatic rings. The van der Waals surface area contributed by atoms with E-state index in [1.165, 1.54) is 27.5 Å². The Morgan fingerprint density at radius 1 is 0.479 bits per heavy atom. The van der Waals surface area contributed by atoms with Crippen molar-refractivity contribution < 1.29 is 4.74 Å². The molecular weight excluding hydrogens is 585 g/mol. The molecule has 2 heterocycles. The van der Waals surface area contributed by atoms with Crippen molar-refractivity contribution in [2.45, 2.75) is 18.3 Å². The summed E-state index contributed by atoms with van der Waals surface area (Å²) >= 11 is 0. The number of fused-ring (bicyclic) bond motifs is 3. The van der Waals surface area contributed by atoms with Gasteiger partial charge in [-0.2, -0.15) is 0 Å². The lowest BCUT2D eigenvalue weighted by molar-refractivity contribution is 0.382. The van der Waals surface area contributed by atoms with Gasteiger partial charge < -0.3 is 4.74 Å². The van der Waals surface area contributed by atoms with Gasteiger partial charge in [0.15, 0.2) is 5.82 Å². The first kappa shape index (κ1) is 28.2. The minimum Gasteiger partial charge on any atom is -0.457 e. The highest BCUT2D eigenvalue weighted by molar-refractivity contribution is 5.87. The Morgan fingerprint density at radius 2 is 1.10 bits per heavy atom. The molecule has 1 unspecified atom stereocenters. The fraction of sp³-hybridized carbons (Fsp3) is 0.0667. The van der Waals surface area contributed by atoms with Crippen molar-refractivity contribution in [3.63, 3.8) is 0 Å². The summed E-state index contributed by atoms with van der Waals surface area (Å²) in [4.78, 5) is 10.3. The Labute approximate surface area is 280 Å². The summed E-state index contributed by atoms with van der Waals surface area (Å²) in [5, 5.41) is 2.40. The van der Waals surface area contributed by atoms with Crippen LogP contribution in [0.5, 0.6) is 5.75 Å². The van der Waals surface area contributed by atoms with E-state index in [9.17, 15) is 0 Å². The monoisotopic (exact) mass is 616 g/mol. The molecule has 3 nitrogen and oxygen atoms in total. The van der Waals surface area contributed by atoms with E-state index in [2.05, 4.69) is 164 Å². The second kappa shape index (κ2) is 11.6. The number of hydrogen-bond acceptors (Lipinski definition) is 3. The minimum absolute atomic E-state index is 0.524. The van der Waals surface area contributed by atoms with Gasteiger partial charge in [-0.05, 0) is 59.0 Å². The molecule has 0 spiro atoms. The molecule has 0 amide bonds. The molecule has 0 saturated heterocycles. The van der Waals surface area contributed by atoms with Crippen LogP contribution in [-0.2, 0) is 5.41 Å². The number of hydrogen-bond donors (Lipinski definition) is 0. The van der Waals surface area contributed by atoms with Crippen LogP contribution in [0.4, 0.5) is 0 Å². The van der Waals surface area contributed by atoms with Gasteiger partial charge in [0.25, 0.3) is 0 Å². The van der Waals surface area contributed by atoms with Crippen LogP contribution in [-0.4, -0.2) is 9.97 Å². The van der Waals surface area contributed by atoms with Crippen molar-refractivity contribution in [2.75, 3.05) is 0 Å². The van der Waals surface area contributed by atoms with E-state index in [0.717, 1.165) is 58.0 Å². The van der Waals surface area contributed by atoms with Gasteiger partial charge in [-0.1, -0.05) is 146 Å². The predicted octanol–water partition coefficient (Wildman–Crippen LogP) is 11.0. The summed E-state index contributed by atoms with van der Waals surface area (Å²) in [7, 11) is 0. The van der Waals surface area contributed by atoms with Crippen LogP contribution in [0.15, 0.2) is 181 Å². The summed E-state index contributed by atoms with van der Waals surface area (Å²) < 4.78 is 6.54. The van der Waals surface area contributed by atoms with Crippen LogP contribution in [0.2, 0.25) is 0 Å². The summed E-state index contributed by atoms with van der Waals surface area (Å²) in [6.07, 6.45) is 6.57. The summed E-state index contributed by atoms with van der Waals surface area (Å²) in [6.45, 7) is 0. The van der Waals surface area contributed by atoms with E-state index in [1.54, 1.807) is 0 Å². The molecule has 0 fully saturated rings. The number of rotatable bonds is 5. The summed E-state index contributed by atoms with van der Waals surface area (Å²) in [5.41, 5.74) is 9.11. The average molecular weight is 617 g/mol.